The molecule has 7 heteroatoms. The van der Waals surface area contributed by atoms with Gasteiger partial charge in [0.15, 0.2) is 5.16 Å². The quantitative estimate of drug-likeness (QED) is 0.638. The highest BCUT2D eigenvalue weighted by atomic mass is 32.2. The first-order valence-corrected chi connectivity index (χ1v) is 9.31. The van der Waals surface area contributed by atoms with Crippen LogP contribution in [0.3, 0.4) is 0 Å². The smallest absolute Gasteiger partial charge is 0.262 e. The summed E-state index contributed by atoms with van der Waals surface area (Å²) in [5, 5.41) is 3.12. The Kier molecular flexibility index (Phi) is 4.54. The minimum Gasteiger partial charge on any atom is -0.339 e. The zero-order valence-electron chi connectivity index (χ0n) is 12.7. The molecule has 0 bridgehead atoms. The number of piperidine rings is 1. The number of carbonyl (C=O) groups excluding carboxylic acids is 1. The fraction of sp³-hybridized carbons (Fsp3) is 0.533. The second kappa shape index (κ2) is 6.42. The minimum atomic E-state index is -0.0486. The molecular formula is C15H19N3O2S2. The highest BCUT2D eigenvalue weighted by Crippen LogP contribution is 2.22. The van der Waals surface area contributed by atoms with Crippen LogP contribution in [0.4, 0.5) is 0 Å². The number of nitrogens with zero attached hydrogens (tertiary/aromatic N) is 3. The number of fused-ring (bicyclic) bond motifs is 1. The fourth-order valence-electron chi connectivity index (χ4n) is 2.79. The molecule has 1 aliphatic rings. The van der Waals surface area contributed by atoms with E-state index in [1.54, 1.807) is 13.1 Å². The average Bonchev–Trinajstić information content (AvgIpc) is 2.98. The lowest BCUT2D eigenvalue weighted by Gasteiger charge is -2.33. The molecule has 22 heavy (non-hydrogen) atoms. The van der Waals surface area contributed by atoms with Gasteiger partial charge >= 0.3 is 0 Å². The van der Waals surface area contributed by atoms with E-state index in [0.29, 0.717) is 22.3 Å². The summed E-state index contributed by atoms with van der Waals surface area (Å²) in [6.45, 7) is 2.95. The summed E-state index contributed by atoms with van der Waals surface area (Å²) >= 11 is 2.80. The van der Waals surface area contributed by atoms with Crippen molar-refractivity contribution in [1.29, 1.82) is 0 Å². The van der Waals surface area contributed by atoms with E-state index in [1.165, 1.54) is 34.1 Å². The van der Waals surface area contributed by atoms with Crippen molar-refractivity contribution in [3.63, 3.8) is 0 Å². The van der Waals surface area contributed by atoms with Crippen LogP contribution in [0, 0.1) is 0 Å². The van der Waals surface area contributed by atoms with Crippen LogP contribution >= 0.6 is 23.1 Å². The van der Waals surface area contributed by atoms with Gasteiger partial charge in [-0.3, -0.25) is 14.2 Å². The van der Waals surface area contributed by atoms with Gasteiger partial charge in [-0.1, -0.05) is 11.8 Å². The summed E-state index contributed by atoms with van der Waals surface area (Å²) < 4.78 is 1.53. The van der Waals surface area contributed by atoms with E-state index in [0.717, 1.165) is 24.2 Å². The fourth-order valence-corrected chi connectivity index (χ4v) is 4.45. The molecule has 0 saturated carbocycles. The molecule has 1 fully saturated rings. The van der Waals surface area contributed by atoms with E-state index >= 15 is 0 Å². The molecule has 1 amide bonds. The van der Waals surface area contributed by atoms with Crippen LogP contribution in [0.1, 0.15) is 26.2 Å². The van der Waals surface area contributed by atoms with Crippen molar-refractivity contribution in [3.05, 3.63) is 21.8 Å². The molecule has 0 radical (unpaired) electrons. The lowest BCUT2D eigenvalue weighted by molar-refractivity contribution is -0.131. The van der Waals surface area contributed by atoms with Crippen molar-refractivity contribution in [2.45, 2.75) is 37.4 Å². The van der Waals surface area contributed by atoms with Crippen LogP contribution in [0.25, 0.3) is 10.2 Å². The molecule has 2 aromatic heterocycles. The number of aromatic nitrogens is 2. The second-order valence-corrected chi connectivity index (χ2v) is 7.46. The van der Waals surface area contributed by atoms with Crippen molar-refractivity contribution >= 4 is 39.2 Å². The second-order valence-electron chi connectivity index (χ2n) is 5.62. The number of thiophene rings is 1. The van der Waals surface area contributed by atoms with Gasteiger partial charge in [0, 0.05) is 19.6 Å². The molecular weight excluding hydrogens is 318 g/mol. The molecule has 0 aliphatic carbocycles. The van der Waals surface area contributed by atoms with Gasteiger partial charge < -0.3 is 4.90 Å². The van der Waals surface area contributed by atoms with Crippen molar-refractivity contribution in [1.82, 2.24) is 14.5 Å². The minimum absolute atomic E-state index is 0.0486. The van der Waals surface area contributed by atoms with Crippen LogP contribution in [0.2, 0.25) is 0 Å². The highest BCUT2D eigenvalue weighted by Gasteiger charge is 2.23. The third-order valence-corrected chi connectivity index (χ3v) is 5.93. The number of thioether (sulfide) groups is 1. The number of amides is 1. The molecule has 1 atom stereocenters. The summed E-state index contributed by atoms with van der Waals surface area (Å²) in [4.78, 5) is 31.8. The monoisotopic (exact) mass is 337 g/mol. The summed E-state index contributed by atoms with van der Waals surface area (Å²) in [6.07, 6.45) is 3.36. The van der Waals surface area contributed by atoms with Gasteiger partial charge in [0.25, 0.3) is 5.56 Å². The van der Waals surface area contributed by atoms with Gasteiger partial charge in [-0.2, -0.15) is 0 Å². The predicted octanol–water partition coefficient (Wildman–Crippen LogP) is 2.49. The Morgan fingerprint density at radius 1 is 1.50 bits per heavy atom. The molecule has 0 N–H and O–H groups in total. The van der Waals surface area contributed by atoms with Crippen molar-refractivity contribution in [2.75, 3.05) is 12.3 Å². The molecule has 3 heterocycles. The predicted molar refractivity (Wildman–Crippen MR) is 90.6 cm³/mol. The van der Waals surface area contributed by atoms with Crippen LogP contribution in [-0.2, 0) is 11.8 Å². The average molecular weight is 337 g/mol. The lowest BCUT2D eigenvalue weighted by Crippen LogP contribution is -2.43. The van der Waals surface area contributed by atoms with Crippen LogP contribution < -0.4 is 5.56 Å². The van der Waals surface area contributed by atoms with Crippen molar-refractivity contribution in [3.8, 4) is 0 Å². The first kappa shape index (κ1) is 15.6. The van der Waals surface area contributed by atoms with Gasteiger partial charge in [0.1, 0.15) is 4.83 Å². The molecule has 5 nitrogen and oxygen atoms in total. The zero-order chi connectivity index (χ0) is 15.7. The van der Waals surface area contributed by atoms with Gasteiger partial charge in [0.05, 0.1) is 11.1 Å². The highest BCUT2D eigenvalue weighted by molar-refractivity contribution is 7.99. The van der Waals surface area contributed by atoms with E-state index in [9.17, 15) is 9.59 Å². The molecule has 118 valence electrons. The maximum atomic E-state index is 12.4. The third-order valence-electron chi connectivity index (χ3n) is 4.11. The molecule has 3 rings (SSSR count). The molecule has 1 unspecified atom stereocenters. The number of likely N-dealkylation sites (tertiary alicyclic amines) is 1. The van der Waals surface area contributed by atoms with Gasteiger partial charge in [-0.15, -0.1) is 11.3 Å². The number of rotatable bonds is 3. The third kappa shape index (κ3) is 2.92. The Labute approximate surface area is 137 Å². The van der Waals surface area contributed by atoms with Crippen molar-refractivity contribution < 1.29 is 4.79 Å². The normalized spacial score (nSPS) is 18.8. The largest absolute Gasteiger partial charge is 0.339 e. The van der Waals surface area contributed by atoms with Crippen LogP contribution in [0.15, 0.2) is 21.4 Å². The van der Waals surface area contributed by atoms with Crippen LogP contribution in [0.5, 0.6) is 0 Å². The summed E-state index contributed by atoms with van der Waals surface area (Å²) in [7, 11) is 1.71. The first-order chi connectivity index (χ1) is 10.6. The van der Waals surface area contributed by atoms with Crippen LogP contribution in [-0.4, -0.2) is 38.7 Å². The van der Waals surface area contributed by atoms with Gasteiger partial charge in [-0.05, 0) is 37.6 Å². The first-order valence-electron chi connectivity index (χ1n) is 7.44. The molecule has 1 saturated heterocycles. The maximum Gasteiger partial charge on any atom is 0.262 e. The Morgan fingerprint density at radius 2 is 2.32 bits per heavy atom. The Hall–Kier alpha value is -1.34. The molecule has 0 aromatic carbocycles. The number of carbonyl (C=O) groups is 1. The van der Waals surface area contributed by atoms with E-state index in [1.807, 2.05) is 10.3 Å². The van der Waals surface area contributed by atoms with E-state index in [-0.39, 0.29) is 11.5 Å². The number of hydrogen-bond acceptors (Lipinski definition) is 5. The van der Waals surface area contributed by atoms with E-state index < -0.39 is 0 Å². The summed E-state index contributed by atoms with van der Waals surface area (Å²) in [5.74, 6) is 0.472. The summed E-state index contributed by atoms with van der Waals surface area (Å²) in [5.41, 5.74) is -0.0486. The molecule has 1 aliphatic heterocycles. The van der Waals surface area contributed by atoms with Gasteiger partial charge in [-0.25, -0.2) is 4.98 Å². The Balaban J connectivity index is 1.75. The Morgan fingerprint density at radius 3 is 3.09 bits per heavy atom. The lowest BCUT2D eigenvalue weighted by atomic mass is 10.0. The standard InChI is InChI=1S/C15H19N3O2S2/c1-10-5-3-4-7-18(10)12(19)9-22-15-16-13-11(6-8-21-13)14(20)17(15)2/h6,8,10H,3-5,7,9H2,1-2H3. The Bertz CT molecular complexity index is 753. The topological polar surface area (TPSA) is 55.2 Å². The van der Waals surface area contributed by atoms with E-state index in [4.69, 9.17) is 0 Å². The molecule has 2 aromatic rings. The van der Waals surface area contributed by atoms with E-state index in [2.05, 4.69) is 11.9 Å². The zero-order valence-corrected chi connectivity index (χ0v) is 14.4. The number of hydrogen-bond donors (Lipinski definition) is 0. The summed E-state index contributed by atoms with van der Waals surface area (Å²) in [6, 6.07) is 2.11. The van der Waals surface area contributed by atoms with Gasteiger partial charge in [0.2, 0.25) is 5.91 Å². The maximum absolute atomic E-state index is 12.4. The van der Waals surface area contributed by atoms with Crippen molar-refractivity contribution in [2.24, 2.45) is 7.05 Å². The SMILES string of the molecule is CC1CCCCN1C(=O)CSc1nc2sccc2c(=O)n1C. The molecule has 0 spiro atoms.